The molecule has 7 heteroatoms. The van der Waals surface area contributed by atoms with Gasteiger partial charge >= 0.3 is 6.61 Å². The summed E-state index contributed by atoms with van der Waals surface area (Å²) in [7, 11) is 0. The van der Waals surface area contributed by atoms with Crippen molar-refractivity contribution in [3.8, 4) is 17.1 Å². The summed E-state index contributed by atoms with van der Waals surface area (Å²) < 4.78 is 29.5. The molecular formula is C14H14F2IN3O. The second-order valence-corrected chi connectivity index (χ2v) is 5.31. The summed E-state index contributed by atoms with van der Waals surface area (Å²) in [6.07, 6.45) is 0. The summed E-state index contributed by atoms with van der Waals surface area (Å²) in [4.78, 5) is 8.89. The van der Waals surface area contributed by atoms with Crippen LogP contribution in [0, 0.1) is 10.5 Å². The first kappa shape index (κ1) is 15.9. The van der Waals surface area contributed by atoms with Gasteiger partial charge in [-0.05, 0) is 60.7 Å². The molecule has 0 saturated carbocycles. The van der Waals surface area contributed by atoms with Gasteiger partial charge in [0.2, 0.25) is 0 Å². The number of benzene rings is 1. The van der Waals surface area contributed by atoms with Crippen molar-refractivity contribution in [1.82, 2.24) is 9.97 Å². The third-order valence-electron chi connectivity index (χ3n) is 2.70. The van der Waals surface area contributed by atoms with E-state index >= 15 is 0 Å². The van der Waals surface area contributed by atoms with Crippen LogP contribution in [0.2, 0.25) is 0 Å². The number of hydrogen-bond donors (Lipinski definition) is 1. The van der Waals surface area contributed by atoms with Crippen molar-refractivity contribution in [3.63, 3.8) is 0 Å². The molecule has 1 N–H and O–H groups in total. The molecule has 0 unspecified atom stereocenters. The van der Waals surface area contributed by atoms with Crippen LogP contribution in [0.4, 0.5) is 14.6 Å². The SMILES string of the molecule is CCNc1nc(-c2ccc(OC(F)F)cc2)nc(C)c1I. The van der Waals surface area contributed by atoms with Gasteiger partial charge in [0, 0.05) is 12.1 Å². The molecule has 0 aliphatic carbocycles. The largest absolute Gasteiger partial charge is 0.435 e. The average molecular weight is 405 g/mol. The molecule has 0 atom stereocenters. The molecule has 0 fully saturated rings. The molecule has 21 heavy (non-hydrogen) atoms. The molecule has 0 spiro atoms. The molecule has 2 aromatic rings. The molecule has 1 aromatic heterocycles. The van der Waals surface area contributed by atoms with Gasteiger partial charge in [-0.2, -0.15) is 8.78 Å². The van der Waals surface area contributed by atoms with Gasteiger partial charge in [0.15, 0.2) is 5.82 Å². The molecule has 0 radical (unpaired) electrons. The third kappa shape index (κ3) is 3.99. The van der Waals surface area contributed by atoms with Gasteiger partial charge in [0.05, 0.1) is 9.26 Å². The molecule has 2 rings (SSSR count). The summed E-state index contributed by atoms with van der Waals surface area (Å²) in [5.41, 5.74) is 1.61. The highest BCUT2D eigenvalue weighted by atomic mass is 127. The van der Waals surface area contributed by atoms with E-state index in [0.717, 1.165) is 27.2 Å². The molecule has 1 heterocycles. The zero-order valence-electron chi connectivity index (χ0n) is 11.5. The van der Waals surface area contributed by atoms with E-state index in [-0.39, 0.29) is 5.75 Å². The Hall–Kier alpha value is -1.51. The first-order chi connectivity index (χ1) is 10.0. The van der Waals surface area contributed by atoms with Crippen LogP contribution in [0.15, 0.2) is 24.3 Å². The number of hydrogen-bond acceptors (Lipinski definition) is 4. The number of aryl methyl sites for hydroxylation is 1. The Morgan fingerprint density at radius 2 is 1.90 bits per heavy atom. The fourth-order valence-electron chi connectivity index (χ4n) is 1.76. The smallest absolute Gasteiger partial charge is 0.387 e. The van der Waals surface area contributed by atoms with E-state index in [1.54, 1.807) is 12.1 Å². The summed E-state index contributed by atoms with van der Waals surface area (Å²) in [5.74, 6) is 1.43. The molecule has 0 saturated heterocycles. The van der Waals surface area contributed by atoms with E-state index in [1.807, 2.05) is 13.8 Å². The van der Waals surface area contributed by atoms with Gasteiger partial charge in [0.1, 0.15) is 11.6 Å². The fourth-order valence-corrected chi connectivity index (χ4v) is 2.19. The highest BCUT2D eigenvalue weighted by Gasteiger charge is 2.11. The minimum Gasteiger partial charge on any atom is -0.435 e. The van der Waals surface area contributed by atoms with Crippen LogP contribution in [-0.2, 0) is 0 Å². The number of halogens is 3. The van der Waals surface area contributed by atoms with Crippen molar-refractivity contribution in [2.45, 2.75) is 20.5 Å². The second kappa shape index (κ2) is 6.97. The van der Waals surface area contributed by atoms with Crippen LogP contribution in [0.1, 0.15) is 12.6 Å². The summed E-state index contributed by atoms with van der Waals surface area (Å²) in [5, 5.41) is 3.18. The van der Waals surface area contributed by atoms with Crippen molar-refractivity contribution >= 4 is 28.4 Å². The molecule has 4 nitrogen and oxygen atoms in total. The van der Waals surface area contributed by atoms with Crippen molar-refractivity contribution < 1.29 is 13.5 Å². The van der Waals surface area contributed by atoms with E-state index in [4.69, 9.17) is 0 Å². The topological polar surface area (TPSA) is 47.0 Å². The molecule has 0 amide bonds. The van der Waals surface area contributed by atoms with E-state index in [1.165, 1.54) is 12.1 Å². The molecular weight excluding hydrogens is 391 g/mol. The highest BCUT2D eigenvalue weighted by Crippen LogP contribution is 2.25. The summed E-state index contributed by atoms with van der Waals surface area (Å²) in [6, 6.07) is 6.28. The van der Waals surface area contributed by atoms with E-state index in [0.29, 0.717) is 5.82 Å². The van der Waals surface area contributed by atoms with Crippen LogP contribution < -0.4 is 10.1 Å². The second-order valence-electron chi connectivity index (χ2n) is 4.23. The Labute approximate surface area is 135 Å². The lowest BCUT2D eigenvalue weighted by Crippen LogP contribution is -2.06. The molecule has 0 aliphatic rings. The van der Waals surface area contributed by atoms with Crippen LogP contribution in [0.3, 0.4) is 0 Å². The van der Waals surface area contributed by atoms with Crippen LogP contribution >= 0.6 is 22.6 Å². The zero-order chi connectivity index (χ0) is 15.4. The van der Waals surface area contributed by atoms with Crippen LogP contribution in [-0.4, -0.2) is 23.1 Å². The number of nitrogens with one attached hydrogen (secondary N) is 1. The number of anilines is 1. The quantitative estimate of drug-likeness (QED) is 0.762. The van der Waals surface area contributed by atoms with Crippen molar-refractivity contribution in [1.29, 1.82) is 0 Å². The van der Waals surface area contributed by atoms with Crippen LogP contribution in [0.25, 0.3) is 11.4 Å². The minimum absolute atomic E-state index is 0.114. The maximum Gasteiger partial charge on any atom is 0.387 e. The van der Waals surface area contributed by atoms with E-state index < -0.39 is 6.61 Å². The van der Waals surface area contributed by atoms with Crippen LogP contribution in [0.5, 0.6) is 5.75 Å². The Kier molecular flexibility index (Phi) is 5.27. The highest BCUT2D eigenvalue weighted by molar-refractivity contribution is 14.1. The number of rotatable bonds is 5. The fraction of sp³-hybridized carbons (Fsp3) is 0.286. The third-order valence-corrected chi connectivity index (χ3v) is 3.99. The maximum absolute atomic E-state index is 12.1. The lowest BCUT2D eigenvalue weighted by atomic mass is 10.2. The molecule has 112 valence electrons. The number of alkyl halides is 2. The Morgan fingerprint density at radius 1 is 1.24 bits per heavy atom. The minimum atomic E-state index is -2.83. The van der Waals surface area contributed by atoms with E-state index in [9.17, 15) is 8.78 Å². The molecule has 0 bridgehead atoms. The first-order valence-corrected chi connectivity index (χ1v) is 7.42. The first-order valence-electron chi connectivity index (χ1n) is 6.34. The Balaban J connectivity index is 2.33. The number of ether oxygens (including phenoxy) is 1. The average Bonchev–Trinajstić information content (AvgIpc) is 2.44. The van der Waals surface area contributed by atoms with E-state index in [2.05, 4.69) is 42.6 Å². The maximum atomic E-state index is 12.1. The Bertz CT molecular complexity index is 620. The molecule has 1 aromatic carbocycles. The van der Waals surface area contributed by atoms with Gasteiger partial charge in [-0.1, -0.05) is 0 Å². The zero-order valence-corrected chi connectivity index (χ0v) is 13.7. The van der Waals surface area contributed by atoms with Gasteiger partial charge in [-0.3, -0.25) is 0 Å². The van der Waals surface area contributed by atoms with Crippen molar-refractivity contribution in [2.24, 2.45) is 0 Å². The number of aromatic nitrogens is 2. The van der Waals surface area contributed by atoms with Gasteiger partial charge in [-0.25, -0.2) is 9.97 Å². The standard InChI is InChI=1S/C14H14F2IN3O/c1-3-18-13-11(17)8(2)19-12(20-13)9-4-6-10(7-5-9)21-14(15)16/h4-7,14H,3H2,1-2H3,(H,18,19,20). The predicted molar refractivity (Wildman–Crippen MR) is 85.7 cm³/mol. The normalized spacial score (nSPS) is 10.8. The van der Waals surface area contributed by atoms with Gasteiger partial charge in [-0.15, -0.1) is 0 Å². The summed E-state index contributed by atoms with van der Waals surface area (Å²) in [6.45, 7) is 1.83. The molecule has 0 aliphatic heterocycles. The Morgan fingerprint density at radius 3 is 2.48 bits per heavy atom. The predicted octanol–water partition coefficient (Wildman–Crippen LogP) is 4.09. The van der Waals surface area contributed by atoms with Crippen molar-refractivity contribution in [3.05, 3.63) is 33.5 Å². The van der Waals surface area contributed by atoms with Crippen molar-refractivity contribution in [2.75, 3.05) is 11.9 Å². The number of nitrogens with zero attached hydrogens (tertiary/aromatic N) is 2. The van der Waals surface area contributed by atoms with Gasteiger partial charge < -0.3 is 10.1 Å². The monoisotopic (exact) mass is 405 g/mol. The van der Waals surface area contributed by atoms with Gasteiger partial charge in [0.25, 0.3) is 0 Å². The lowest BCUT2D eigenvalue weighted by molar-refractivity contribution is -0.0498. The summed E-state index contributed by atoms with van der Waals surface area (Å²) >= 11 is 2.19. The lowest BCUT2D eigenvalue weighted by Gasteiger charge is -2.10.